The number of aryl methyl sites for hydroxylation is 1. The Morgan fingerprint density at radius 1 is 1.32 bits per heavy atom. The van der Waals surface area contributed by atoms with E-state index in [1.54, 1.807) is 6.07 Å². The normalized spacial score (nSPS) is 14.7. The van der Waals surface area contributed by atoms with Crippen LogP contribution in [0.25, 0.3) is 0 Å². The van der Waals surface area contributed by atoms with Crippen LogP contribution in [0.1, 0.15) is 28.8 Å². The average Bonchev–Trinajstić information content (AvgIpc) is 2.55. The first-order valence-corrected chi connectivity index (χ1v) is 8.75. The van der Waals surface area contributed by atoms with E-state index < -0.39 is 0 Å². The summed E-state index contributed by atoms with van der Waals surface area (Å²) in [6, 6.07) is 5.49. The fraction of sp³-hybridized carbons (Fsp3) is 0.500. The Kier molecular flexibility index (Phi) is 6.27. The summed E-state index contributed by atoms with van der Waals surface area (Å²) in [6.45, 7) is 3.99. The molecule has 2 rings (SSSR count). The van der Waals surface area contributed by atoms with Crippen LogP contribution in [-0.4, -0.2) is 47.9 Å². The third-order valence-electron chi connectivity index (χ3n) is 3.66. The number of thioether (sulfide) groups is 1. The number of rotatable bonds is 5. The van der Waals surface area contributed by atoms with Crippen molar-refractivity contribution in [3.05, 3.63) is 29.3 Å². The molecule has 0 saturated carbocycles. The Morgan fingerprint density at radius 2 is 2.05 bits per heavy atom. The maximum Gasteiger partial charge on any atom is 0.253 e. The summed E-state index contributed by atoms with van der Waals surface area (Å²) in [5.74, 6) is 1.95. The fourth-order valence-electron chi connectivity index (χ4n) is 2.31. The number of hydrogen-bond donors (Lipinski definition) is 2. The lowest BCUT2D eigenvalue weighted by Gasteiger charge is -2.26. The number of nitrogens with zero attached hydrogens (tertiary/aromatic N) is 1. The Balaban J connectivity index is 2.08. The average molecular weight is 321 g/mol. The number of amides is 2. The lowest BCUT2D eigenvalue weighted by molar-refractivity contribution is -0.116. The van der Waals surface area contributed by atoms with Crippen LogP contribution in [0.4, 0.5) is 5.69 Å². The number of benzene rings is 1. The molecular formula is C16H23N3O2S. The van der Waals surface area contributed by atoms with E-state index in [0.717, 1.165) is 30.2 Å². The van der Waals surface area contributed by atoms with Crippen LogP contribution in [-0.2, 0) is 4.79 Å². The SMILES string of the molecule is Cc1ccc(C(=O)N2CCSCC2)cc1NC(=O)CCCN. The van der Waals surface area contributed by atoms with Crippen molar-refractivity contribution in [2.75, 3.05) is 36.5 Å². The van der Waals surface area contributed by atoms with E-state index in [2.05, 4.69) is 5.32 Å². The molecule has 0 radical (unpaired) electrons. The van der Waals surface area contributed by atoms with Gasteiger partial charge < -0.3 is 16.0 Å². The van der Waals surface area contributed by atoms with E-state index >= 15 is 0 Å². The first kappa shape index (κ1) is 16.8. The predicted octanol–water partition coefficient (Wildman–Crippen LogP) is 1.86. The lowest BCUT2D eigenvalue weighted by atomic mass is 10.1. The zero-order valence-electron chi connectivity index (χ0n) is 12.9. The summed E-state index contributed by atoms with van der Waals surface area (Å²) in [5.41, 5.74) is 7.70. The molecular weight excluding hydrogens is 298 g/mol. The van der Waals surface area contributed by atoms with Gasteiger partial charge in [-0.05, 0) is 37.6 Å². The van der Waals surface area contributed by atoms with E-state index in [1.807, 2.05) is 35.7 Å². The van der Waals surface area contributed by atoms with Gasteiger partial charge in [-0.15, -0.1) is 0 Å². The van der Waals surface area contributed by atoms with E-state index in [0.29, 0.717) is 30.6 Å². The van der Waals surface area contributed by atoms with Crippen LogP contribution in [0, 0.1) is 6.92 Å². The second kappa shape index (κ2) is 8.19. The molecule has 0 bridgehead atoms. The summed E-state index contributed by atoms with van der Waals surface area (Å²) >= 11 is 1.87. The van der Waals surface area contributed by atoms with Gasteiger partial charge in [-0.1, -0.05) is 6.07 Å². The summed E-state index contributed by atoms with van der Waals surface area (Å²) in [4.78, 5) is 26.2. The van der Waals surface area contributed by atoms with Crippen LogP contribution in [0.3, 0.4) is 0 Å². The summed E-state index contributed by atoms with van der Waals surface area (Å²) in [7, 11) is 0. The van der Waals surface area contributed by atoms with Gasteiger partial charge in [0.25, 0.3) is 5.91 Å². The van der Waals surface area contributed by atoms with E-state index in [4.69, 9.17) is 5.73 Å². The van der Waals surface area contributed by atoms with Crippen molar-refractivity contribution in [3.8, 4) is 0 Å². The highest BCUT2D eigenvalue weighted by Gasteiger charge is 2.19. The van der Waals surface area contributed by atoms with Crippen LogP contribution in [0.2, 0.25) is 0 Å². The highest BCUT2D eigenvalue weighted by atomic mass is 32.2. The molecule has 6 heteroatoms. The largest absolute Gasteiger partial charge is 0.337 e. The number of carbonyl (C=O) groups excluding carboxylic acids is 2. The molecule has 1 aliphatic rings. The third-order valence-corrected chi connectivity index (χ3v) is 4.61. The van der Waals surface area contributed by atoms with E-state index in [-0.39, 0.29) is 11.8 Å². The third kappa shape index (κ3) is 4.48. The second-order valence-electron chi connectivity index (χ2n) is 5.37. The lowest BCUT2D eigenvalue weighted by Crippen LogP contribution is -2.37. The molecule has 22 heavy (non-hydrogen) atoms. The highest BCUT2D eigenvalue weighted by molar-refractivity contribution is 7.99. The minimum absolute atomic E-state index is 0.0396. The molecule has 2 amide bonds. The zero-order valence-corrected chi connectivity index (χ0v) is 13.7. The van der Waals surface area contributed by atoms with Gasteiger partial charge in [-0.2, -0.15) is 11.8 Å². The topological polar surface area (TPSA) is 75.4 Å². The van der Waals surface area contributed by atoms with E-state index in [1.165, 1.54) is 0 Å². The molecule has 1 fully saturated rings. The van der Waals surface area contributed by atoms with Crippen LogP contribution < -0.4 is 11.1 Å². The molecule has 1 aromatic rings. The van der Waals surface area contributed by atoms with Crippen molar-refractivity contribution >= 4 is 29.3 Å². The molecule has 0 unspecified atom stereocenters. The van der Waals surface area contributed by atoms with Gasteiger partial charge in [0.05, 0.1) is 0 Å². The number of hydrogen-bond acceptors (Lipinski definition) is 4. The first-order valence-electron chi connectivity index (χ1n) is 7.59. The van der Waals surface area contributed by atoms with Crippen LogP contribution in [0.15, 0.2) is 18.2 Å². The molecule has 0 aliphatic carbocycles. The molecule has 1 saturated heterocycles. The van der Waals surface area contributed by atoms with E-state index in [9.17, 15) is 9.59 Å². The van der Waals surface area contributed by atoms with Crippen molar-refractivity contribution in [2.24, 2.45) is 5.73 Å². The molecule has 0 aromatic heterocycles. The van der Waals surface area contributed by atoms with Gasteiger partial charge in [-0.25, -0.2) is 0 Å². The van der Waals surface area contributed by atoms with Gasteiger partial charge in [0.1, 0.15) is 0 Å². The molecule has 5 nitrogen and oxygen atoms in total. The minimum atomic E-state index is -0.0625. The maximum absolute atomic E-state index is 12.5. The maximum atomic E-state index is 12.5. The Bertz CT molecular complexity index is 542. The Morgan fingerprint density at radius 3 is 2.73 bits per heavy atom. The molecule has 120 valence electrons. The van der Waals surface area contributed by atoms with Crippen molar-refractivity contribution in [2.45, 2.75) is 19.8 Å². The number of nitrogens with one attached hydrogen (secondary N) is 1. The molecule has 0 spiro atoms. The summed E-state index contributed by atoms with van der Waals surface area (Å²) in [6.07, 6.45) is 1.06. The predicted molar refractivity (Wildman–Crippen MR) is 91.3 cm³/mol. The highest BCUT2D eigenvalue weighted by Crippen LogP contribution is 2.20. The minimum Gasteiger partial charge on any atom is -0.337 e. The first-order chi connectivity index (χ1) is 10.6. The van der Waals surface area contributed by atoms with Gasteiger partial charge in [0.15, 0.2) is 0 Å². The van der Waals surface area contributed by atoms with Gasteiger partial charge in [0.2, 0.25) is 5.91 Å². The molecule has 0 atom stereocenters. The standard InChI is InChI=1S/C16H23N3O2S/c1-12-4-5-13(16(21)19-7-9-22-10-8-19)11-14(12)18-15(20)3-2-6-17/h4-5,11H,2-3,6-10,17H2,1H3,(H,18,20). The van der Waals surface area contributed by atoms with Crippen molar-refractivity contribution < 1.29 is 9.59 Å². The molecule has 1 heterocycles. The molecule has 3 N–H and O–H groups in total. The van der Waals surface area contributed by atoms with Crippen molar-refractivity contribution in [1.82, 2.24) is 4.90 Å². The van der Waals surface area contributed by atoms with Crippen molar-refractivity contribution in [3.63, 3.8) is 0 Å². The zero-order chi connectivity index (χ0) is 15.9. The van der Waals surface area contributed by atoms with Crippen LogP contribution >= 0.6 is 11.8 Å². The molecule has 1 aromatic carbocycles. The quantitative estimate of drug-likeness (QED) is 0.868. The summed E-state index contributed by atoms with van der Waals surface area (Å²) < 4.78 is 0. The Hall–Kier alpha value is -1.53. The van der Waals surface area contributed by atoms with Gasteiger partial charge in [0, 0.05) is 42.3 Å². The Labute approximate surface area is 135 Å². The number of carbonyl (C=O) groups is 2. The summed E-state index contributed by atoms with van der Waals surface area (Å²) in [5, 5.41) is 2.87. The van der Waals surface area contributed by atoms with Crippen LogP contribution in [0.5, 0.6) is 0 Å². The monoisotopic (exact) mass is 321 g/mol. The van der Waals surface area contributed by atoms with Gasteiger partial charge in [-0.3, -0.25) is 9.59 Å². The molecule has 1 aliphatic heterocycles. The van der Waals surface area contributed by atoms with Crippen molar-refractivity contribution in [1.29, 1.82) is 0 Å². The second-order valence-corrected chi connectivity index (χ2v) is 6.60. The number of anilines is 1. The van der Waals surface area contributed by atoms with Gasteiger partial charge >= 0.3 is 0 Å². The smallest absolute Gasteiger partial charge is 0.253 e. The number of nitrogens with two attached hydrogens (primary N) is 1. The fourth-order valence-corrected chi connectivity index (χ4v) is 3.22.